The number of rotatable bonds is 9. The van der Waals surface area contributed by atoms with Crippen LogP contribution >= 0.6 is 11.3 Å². The largest absolute Gasteiger partial charge is 0.375 e. The predicted octanol–water partition coefficient (Wildman–Crippen LogP) is 2.87. The third-order valence-electron chi connectivity index (χ3n) is 8.33. The molecule has 228 valence electrons. The summed E-state index contributed by atoms with van der Waals surface area (Å²) in [6, 6.07) is 10.8. The second-order valence-electron chi connectivity index (χ2n) is 11.6. The van der Waals surface area contributed by atoms with E-state index in [1.54, 1.807) is 9.91 Å². The van der Waals surface area contributed by atoms with Crippen LogP contribution in [0.5, 0.6) is 0 Å². The van der Waals surface area contributed by atoms with Gasteiger partial charge in [0.05, 0.1) is 29.0 Å². The molecule has 0 spiro atoms. The fourth-order valence-corrected chi connectivity index (χ4v) is 7.10. The fraction of sp³-hybridized carbons (Fsp3) is 0.467. The quantitative estimate of drug-likeness (QED) is 0.273. The second-order valence-corrected chi connectivity index (χ2v) is 12.7. The molecular formula is C30H39N9O3S. The van der Waals surface area contributed by atoms with Gasteiger partial charge in [-0.05, 0) is 49.1 Å². The number of fused-ring (bicyclic) bond motifs is 3. The van der Waals surface area contributed by atoms with Crippen LogP contribution in [0.15, 0.2) is 36.4 Å². The number of amides is 4. The van der Waals surface area contributed by atoms with E-state index in [9.17, 15) is 14.4 Å². The number of urea groups is 1. The first-order valence-electron chi connectivity index (χ1n) is 14.9. The van der Waals surface area contributed by atoms with Gasteiger partial charge in [-0.25, -0.2) is 15.2 Å². The average molecular weight is 606 g/mol. The minimum absolute atomic E-state index is 0.0257. The molecule has 0 saturated carbocycles. The normalized spacial score (nSPS) is 20.1. The highest BCUT2D eigenvalue weighted by Crippen LogP contribution is 2.33. The molecule has 12 nitrogen and oxygen atoms in total. The smallest absolute Gasteiger partial charge is 0.332 e. The number of nitrogens with one attached hydrogen (secondary N) is 3. The molecular weight excluding hydrogens is 566 g/mol. The molecule has 3 aliphatic rings. The number of carbonyl (C=O) groups is 3. The Kier molecular flexibility index (Phi) is 8.12. The van der Waals surface area contributed by atoms with Crippen molar-refractivity contribution < 1.29 is 14.4 Å². The third kappa shape index (κ3) is 5.59. The van der Waals surface area contributed by atoms with Crippen LogP contribution in [-0.4, -0.2) is 80.5 Å². The molecule has 3 aromatic rings. The predicted molar refractivity (Wildman–Crippen MR) is 166 cm³/mol. The lowest BCUT2D eigenvalue weighted by atomic mass is 9.98. The molecule has 3 aliphatic heterocycles. The van der Waals surface area contributed by atoms with Crippen LogP contribution in [0.4, 0.5) is 15.6 Å². The molecule has 0 aliphatic carbocycles. The van der Waals surface area contributed by atoms with Gasteiger partial charge in [-0.3, -0.25) is 14.6 Å². The van der Waals surface area contributed by atoms with Gasteiger partial charge in [0.1, 0.15) is 12.2 Å². The third-order valence-corrected chi connectivity index (χ3v) is 9.18. The summed E-state index contributed by atoms with van der Waals surface area (Å²) in [4.78, 5) is 49.5. The standard InChI is InChI=1S/C30H39N9O3S/c1-4-5-11-32-30(42)39(18(2)3)37-17-26(40)38-23(13-19-9-10-22-21(12-19)14-33-35-22)28(41)36(16-25(37)38)15-20-7-6-8-24-27(20)34-29(31)43-24/h6-10,12,18,23,25,33,35H,4-5,11,13-17H2,1-3H3,(H2,31,34)(H,32,42)/t23-,25+/m0/s1. The van der Waals surface area contributed by atoms with E-state index in [0.717, 1.165) is 45.4 Å². The number of aromatic nitrogens is 1. The van der Waals surface area contributed by atoms with Gasteiger partial charge in [0.25, 0.3) is 0 Å². The van der Waals surface area contributed by atoms with Crippen LogP contribution in [0.3, 0.4) is 0 Å². The number of carbonyl (C=O) groups excluding carboxylic acids is 3. The van der Waals surface area contributed by atoms with Crippen LogP contribution < -0.4 is 21.9 Å². The molecule has 2 fully saturated rings. The Morgan fingerprint density at radius 1 is 1.26 bits per heavy atom. The monoisotopic (exact) mass is 605 g/mol. The van der Waals surface area contributed by atoms with Gasteiger partial charge >= 0.3 is 6.03 Å². The minimum atomic E-state index is -0.714. The Hall–Kier alpha value is -3.94. The summed E-state index contributed by atoms with van der Waals surface area (Å²) < 4.78 is 0.963. The molecule has 5 N–H and O–H groups in total. The van der Waals surface area contributed by atoms with Gasteiger partial charge in [0, 0.05) is 32.1 Å². The highest BCUT2D eigenvalue weighted by molar-refractivity contribution is 7.22. The lowest BCUT2D eigenvalue weighted by Crippen LogP contribution is -2.66. The molecule has 4 heterocycles. The van der Waals surface area contributed by atoms with Gasteiger partial charge in [0.15, 0.2) is 5.13 Å². The maximum Gasteiger partial charge on any atom is 0.332 e. The van der Waals surface area contributed by atoms with E-state index >= 15 is 0 Å². The van der Waals surface area contributed by atoms with E-state index in [2.05, 4.69) is 34.1 Å². The molecule has 2 atom stereocenters. The molecule has 6 rings (SSSR count). The van der Waals surface area contributed by atoms with Gasteiger partial charge in [-0.1, -0.05) is 48.9 Å². The van der Waals surface area contributed by atoms with E-state index in [-0.39, 0.29) is 37.0 Å². The van der Waals surface area contributed by atoms with Crippen LogP contribution in [0.1, 0.15) is 50.3 Å². The number of nitrogens with two attached hydrogens (primary N) is 1. The van der Waals surface area contributed by atoms with Gasteiger partial charge in [0.2, 0.25) is 11.8 Å². The number of anilines is 2. The van der Waals surface area contributed by atoms with Crippen molar-refractivity contribution in [3.63, 3.8) is 0 Å². The molecule has 1 aromatic heterocycles. The van der Waals surface area contributed by atoms with Crippen molar-refractivity contribution in [1.82, 2.24) is 35.5 Å². The van der Waals surface area contributed by atoms with Crippen molar-refractivity contribution >= 4 is 50.2 Å². The van der Waals surface area contributed by atoms with E-state index in [1.807, 2.05) is 54.1 Å². The zero-order valence-electron chi connectivity index (χ0n) is 24.8. The second kappa shape index (κ2) is 12.0. The lowest BCUT2D eigenvalue weighted by Gasteiger charge is -2.47. The van der Waals surface area contributed by atoms with Crippen molar-refractivity contribution in [3.8, 4) is 0 Å². The maximum absolute atomic E-state index is 14.3. The summed E-state index contributed by atoms with van der Waals surface area (Å²) in [5.41, 5.74) is 17.1. The maximum atomic E-state index is 14.3. The number of nitrogen functional groups attached to an aromatic ring is 1. The van der Waals surface area contributed by atoms with Crippen molar-refractivity contribution in [1.29, 1.82) is 0 Å². The summed E-state index contributed by atoms with van der Waals surface area (Å²) in [7, 11) is 0. The Balaban J connectivity index is 1.34. The van der Waals surface area contributed by atoms with Crippen molar-refractivity contribution in [2.75, 3.05) is 30.8 Å². The minimum Gasteiger partial charge on any atom is -0.375 e. The van der Waals surface area contributed by atoms with Crippen LogP contribution in [-0.2, 0) is 29.1 Å². The van der Waals surface area contributed by atoms with Gasteiger partial charge in [-0.2, -0.15) is 5.01 Å². The van der Waals surface area contributed by atoms with Crippen LogP contribution in [0, 0.1) is 0 Å². The van der Waals surface area contributed by atoms with Crippen LogP contribution in [0.25, 0.3) is 10.2 Å². The number of piperazine rings is 1. The average Bonchev–Trinajstić information content (AvgIpc) is 3.67. The molecule has 2 saturated heterocycles. The number of unbranched alkanes of at least 4 members (excludes halogenated alkanes) is 1. The highest BCUT2D eigenvalue weighted by atomic mass is 32.1. The number of hydrogen-bond donors (Lipinski definition) is 4. The summed E-state index contributed by atoms with van der Waals surface area (Å²) in [6.45, 7) is 7.81. The van der Waals surface area contributed by atoms with E-state index in [1.165, 1.54) is 11.3 Å². The molecule has 43 heavy (non-hydrogen) atoms. The molecule has 4 amide bonds. The number of nitrogens with zero attached hydrogens (tertiary/aromatic N) is 5. The van der Waals surface area contributed by atoms with E-state index in [4.69, 9.17) is 5.73 Å². The van der Waals surface area contributed by atoms with E-state index in [0.29, 0.717) is 31.2 Å². The Morgan fingerprint density at radius 2 is 2.09 bits per heavy atom. The Morgan fingerprint density at radius 3 is 2.88 bits per heavy atom. The van der Waals surface area contributed by atoms with Crippen molar-refractivity contribution in [2.24, 2.45) is 0 Å². The van der Waals surface area contributed by atoms with Gasteiger partial charge < -0.3 is 26.3 Å². The first kappa shape index (κ1) is 29.1. The summed E-state index contributed by atoms with van der Waals surface area (Å²) >= 11 is 1.42. The molecule has 2 aromatic carbocycles. The molecule has 0 bridgehead atoms. The van der Waals surface area contributed by atoms with Crippen LogP contribution in [0.2, 0.25) is 0 Å². The van der Waals surface area contributed by atoms with Crippen molar-refractivity contribution in [3.05, 3.63) is 53.1 Å². The lowest BCUT2D eigenvalue weighted by molar-refractivity contribution is -0.158. The first-order chi connectivity index (χ1) is 20.7. The summed E-state index contributed by atoms with van der Waals surface area (Å²) in [6.07, 6.45) is 1.71. The Labute approximate surface area is 255 Å². The fourth-order valence-electron chi connectivity index (χ4n) is 6.32. The molecule has 13 heteroatoms. The number of thiazole rings is 1. The zero-order valence-corrected chi connectivity index (χ0v) is 25.6. The number of benzene rings is 2. The molecule has 0 unspecified atom stereocenters. The van der Waals surface area contributed by atoms with Gasteiger partial charge in [-0.15, -0.1) is 0 Å². The van der Waals surface area contributed by atoms with E-state index < -0.39 is 12.2 Å². The SMILES string of the molecule is CCCCNC(=O)N(C(C)C)N1CC(=O)N2[C@@H](Cc3ccc4c(c3)CNN4)C(=O)N(Cc3cccc4sc(N)nc34)C[C@@H]21. The number of hydrazine groups is 2. The topological polar surface area (TPSA) is 139 Å². The summed E-state index contributed by atoms with van der Waals surface area (Å²) in [5, 5.41) is 6.99. The summed E-state index contributed by atoms with van der Waals surface area (Å²) in [5.74, 6) is -0.277. The highest BCUT2D eigenvalue weighted by Gasteiger charge is 2.52. The number of para-hydroxylation sites is 1. The Bertz CT molecular complexity index is 1540. The van der Waals surface area contributed by atoms with Crippen molar-refractivity contribution in [2.45, 2.75) is 71.4 Å². The zero-order chi connectivity index (χ0) is 30.2. The first-order valence-corrected chi connectivity index (χ1v) is 15.7. The molecule has 0 radical (unpaired) electrons. The number of hydrogen-bond acceptors (Lipinski definition) is 9.